The van der Waals surface area contributed by atoms with Crippen molar-refractivity contribution in [1.29, 1.82) is 0 Å². The van der Waals surface area contributed by atoms with Crippen LogP contribution in [0.1, 0.15) is 44.6 Å². The van der Waals surface area contributed by atoms with E-state index in [1.54, 1.807) is 12.1 Å². The maximum Gasteiger partial charge on any atom is 0.389 e. The van der Waals surface area contributed by atoms with Crippen LogP contribution in [0.2, 0.25) is 0 Å². The minimum absolute atomic E-state index is 0.265. The number of halogens is 3. The summed E-state index contributed by atoms with van der Waals surface area (Å²) in [5.74, 6) is -0.155. The van der Waals surface area contributed by atoms with Crippen LogP contribution in [0.4, 0.5) is 13.2 Å². The Morgan fingerprint density at radius 3 is 2.43 bits per heavy atom. The number of alkyl halides is 3. The van der Waals surface area contributed by atoms with Crippen LogP contribution in [0.3, 0.4) is 0 Å². The highest BCUT2D eigenvalue weighted by molar-refractivity contribution is 5.85. The van der Waals surface area contributed by atoms with Crippen molar-refractivity contribution in [3.63, 3.8) is 0 Å². The van der Waals surface area contributed by atoms with Crippen LogP contribution in [0.5, 0.6) is 5.75 Å². The van der Waals surface area contributed by atoms with Gasteiger partial charge in [-0.05, 0) is 40.8 Å². The summed E-state index contributed by atoms with van der Waals surface area (Å²) in [4.78, 5) is 11.5. The summed E-state index contributed by atoms with van der Waals surface area (Å²) in [6, 6.07) is 11.1. The van der Waals surface area contributed by atoms with Gasteiger partial charge < -0.3 is 4.74 Å². The van der Waals surface area contributed by atoms with E-state index in [9.17, 15) is 18.0 Å². The summed E-state index contributed by atoms with van der Waals surface area (Å²) >= 11 is 0. The van der Waals surface area contributed by atoms with E-state index < -0.39 is 25.0 Å². The second-order valence-corrected chi connectivity index (χ2v) is 5.67. The van der Waals surface area contributed by atoms with E-state index >= 15 is 0 Å². The van der Waals surface area contributed by atoms with Crippen molar-refractivity contribution in [2.75, 3.05) is 0 Å². The zero-order valence-electron chi connectivity index (χ0n) is 13.1. The minimum atomic E-state index is -4.35. The number of hydrogen-bond donors (Lipinski definition) is 0. The molecule has 0 aliphatic rings. The molecule has 1 unspecified atom stereocenters. The molecule has 0 aliphatic carbocycles. The Morgan fingerprint density at radius 2 is 1.78 bits per heavy atom. The predicted octanol–water partition coefficient (Wildman–Crippen LogP) is 5.60. The molecule has 0 saturated carbocycles. The molecular formula is C18H19F3O2. The third-order valence-corrected chi connectivity index (χ3v) is 3.86. The second kappa shape index (κ2) is 7.02. The third-order valence-electron chi connectivity index (χ3n) is 3.86. The molecule has 0 N–H and O–H groups in total. The summed E-state index contributed by atoms with van der Waals surface area (Å²) in [6.45, 7) is 4.27. The first-order valence-electron chi connectivity index (χ1n) is 7.59. The fourth-order valence-electron chi connectivity index (χ4n) is 2.27. The van der Waals surface area contributed by atoms with E-state index in [0.717, 1.165) is 17.2 Å². The van der Waals surface area contributed by atoms with E-state index in [1.807, 2.05) is 18.2 Å². The van der Waals surface area contributed by atoms with Crippen molar-refractivity contribution >= 4 is 16.7 Å². The summed E-state index contributed by atoms with van der Waals surface area (Å²) in [7, 11) is 0. The predicted molar refractivity (Wildman–Crippen MR) is 83.6 cm³/mol. The summed E-state index contributed by atoms with van der Waals surface area (Å²) < 4.78 is 41.2. The van der Waals surface area contributed by atoms with Gasteiger partial charge in [0.1, 0.15) is 5.75 Å². The molecule has 2 aromatic carbocycles. The van der Waals surface area contributed by atoms with Gasteiger partial charge in [0, 0.05) is 0 Å². The van der Waals surface area contributed by atoms with Gasteiger partial charge >= 0.3 is 12.1 Å². The van der Waals surface area contributed by atoms with Crippen LogP contribution < -0.4 is 4.74 Å². The van der Waals surface area contributed by atoms with Gasteiger partial charge in [-0.3, -0.25) is 4.79 Å². The van der Waals surface area contributed by atoms with Gasteiger partial charge in [-0.25, -0.2) is 0 Å². The Bertz CT molecular complexity index is 692. The fourth-order valence-corrected chi connectivity index (χ4v) is 2.27. The molecule has 0 radical (unpaired) electrons. The van der Waals surface area contributed by atoms with Crippen molar-refractivity contribution < 1.29 is 22.7 Å². The molecule has 0 aliphatic heterocycles. The first kappa shape index (κ1) is 17.3. The van der Waals surface area contributed by atoms with Gasteiger partial charge in [-0.2, -0.15) is 13.2 Å². The van der Waals surface area contributed by atoms with Crippen molar-refractivity contribution in [1.82, 2.24) is 0 Å². The molecule has 0 fully saturated rings. The molecule has 2 rings (SSSR count). The summed E-state index contributed by atoms with van der Waals surface area (Å²) in [6.07, 6.45) is -5.15. The number of fused-ring (bicyclic) bond motifs is 1. The van der Waals surface area contributed by atoms with Gasteiger partial charge in [-0.1, -0.05) is 38.1 Å². The average molecular weight is 324 g/mol. The average Bonchev–Trinajstić information content (AvgIpc) is 2.51. The van der Waals surface area contributed by atoms with Crippen molar-refractivity contribution in [3.05, 3.63) is 42.0 Å². The molecule has 0 saturated heterocycles. The molecule has 0 spiro atoms. The van der Waals surface area contributed by atoms with E-state index in [4.69, 9.17) is 4.74 Å². The van der Waals surface area contributed by atoms with E-state index in [1.165, 1.54) is 5.56 Å². The smallest absolute Gasteiger partial charge is 0.389 e. The molecular weight excluding hydrogens is 305 g/mol. The van der Waals surface area contributed by atoms with Gasteiger partial charge in [0.15, 0.2) is 0 Å². The maximum atomic E-state index is 12.1. The lowest BCUT2D eigenvalue weighted by atomic mass is 9.96. The molecule has 0 bridgehead atoms. The van der Waals surface area contributed by atoms with Gasteiger partial charge in [0.05, 0.1) is 12.8 Å². The van der Waals surface area contributed by atoms with Crippen LogP contribution in [-0.2, 0) is 4.79 Å². The van der Waals surface area contributed by atoms with Gasteiger partial charge in [0.25, 0.3) is 0 Å². The van der Waals surface area contributed by atoms with Gasteiger partial charge in [-0.15, -0.1) is 0 Å². The Balaban J connectivity index is 2.10. The number of carbonyl (C=O) groups excluding carboxylic acids is 1. The quantitative estimate of drug-likeness (QED) is 0.528. The van der Waals surface area contributed by atoms with Crippen molar-refractivity contribution in [3.8, 4) is 5.75 Å². The molecule has 5 heteroatoms. The Kier molecular flexibility index (Phi) is 5.29. The van der Waals surface area contributed by atoms with Gasteiger partial charge in [0.2, 0.25) is 0 Å². The van der Waals surface area contributed by atoms with Crippen LogP contribution in [0, 0.1) is 0 Å². The normalized spacial score (nSPS) is 13.1. The molecule has 124 valence electrons. The highest BCUT2D eigenvalue weighted by Gasteiger charge is 2.28. The zero-order valence-corrected chi connectivity index (χ0v) is 13.1. The molecule has 23 heavy (non-hydrogen) atoms. The molecule has 2 aromatic rings. The topological polar surface area (TPSA) is 26.3 Å². The van der Waals surface area contributed by atoms with E-state index in [-0.39, 0.29) is 5.75 Å². The number of esters is 1. The standard InChI is InChI=1S/C18H19F3O2/c1-3-12(2)13-4-5-15-11-16(7-6-14(15)10-13)23-17(22)8-9-18(19,20)21/h4-7,10-12H,3,8-9H2,1-2H3. The maximum absolute atomic E-state index is 12.1. The first-order chi connectivity index (χ1) is 10.8. The molecule has 0 heterocycles. The first-order valence-corrected chi connectivity index (χ1v) is 7.59. The summed E-state index contributed by atoms with van der Waals surface area (Å²) in [5.41, 5.74) is 1.23. The molecule has 2 nitrogen and oxygen atoms in total. The third kappa shape index (κ3) is 4.98. The number of carbonyl (C=O) groups is 1. The van der Waals surface area contributed by atoms with E-state index in [0.29, 0.717) is 5.92 Å². The molecule has 1 atom stereocenters. The monoisotopic (exact) mass is 324 g/mol. The number of benzene rings is 2. The SMILES string of the molecule is CCC(C)c1ccc2cc(OC(=O)CCC(F)(F)F)ccc2c1. The summed E-state index contributed by atoms with van der Waals surface area (Å²) in [5, 5.41) is 1.90. The lowest BCUT2D eigenvalue weighted by Gasteiger charge is -2.11. The Hall–Kier alpha value is -2.04. The lowest BCUT2D eigenvalue weighted by Crippen LogP contribution is -2.14. The fraction of sp³-hybridized carbons (Fsp3) is 0.389. The number of ether oxygens (including phenoxy) is 1. The molecule has 0 amide bonds. The van der Waals surface area contributed by atoms with Crippen LogP contribution >= 0.6 is 0 Å². The minimum Gasteiger partial charge on any atom is -0.427 e. The number of hydrogen-bond acceptors (Lipinski definition) is 2. The zero-order chi connectivity index (χ0) is 17.0. The van der Waals surface area contributed by atoms with E-state index in [2.05, 4.69) is 19.9 Å². The molecule has 0 aromatic heterocycles. The highest BCUT2D eigenvalue weighted by Crippen LogP contribution is 2.27. The largest absolute Gasteiger partial charge is 0.427 e. The van der Waals surface area contributed by atoms with Crippen LogP contribution in [0.15, 0.2) is 36.4 Å². The second-order valence-electron chi connectivity index (χ2n) is 5.67. The van der Waals surface area contributed by atoms with Crippen molar-refractivity contribution in [2.45, 2.75) is 45.2 Å². The van der Waals surface area contributed by atoms with Crippen molar-refractivity contribution in [2.24, 2.45) is 0 Å². The van der Waals surface area contributed by atoms with Crippen LogP contribution in [0.25, 0.3) is 10.8 Å². The van der Waals surface area contributed by atoms with Crippen LogP contribution in [-0.4, -0.2) is 12.1 Å². The lowest BCUT2D eigenvalue weighted by molar-refractivity contribution is -0.151. The Morgan fingerprint density at radius 1 is 1.13 bits per heavy atom. The highest BCUT2D eigenvalue weighted by atomic mass is 19.4. The number of rotatable bonds is 5. The Labute approximate surface area is 133 Å².